The average molecular weight is 129 g/mol. The molecule has 0 aromatic carbocycles. The van der Waals surface area contributed by atoms with Crippen molar-refractivity contribution in [3.05, 3.63) is 12.3 Å². The van der Waals surface area contributed by atoms with Crippen LogP contribution in [0.1, 0.15) is 0 Å². The summed E-state index contributed by atoms with van der Waals surface area (Å²) in [6, 6.07) is -0.785. The number of hydrazone groups is 1. The molecule has 4 N–H and O–H groups in total. The monoisotopic (exact) mass is 129 g/mol. The Bertz CT molecular complexity index is 152. The van der Waals surface area contributed by atoms with Crippen LogP contribution in [0, 0.1) is 0 Å². The number of allylic oxidation sites excluding steroid dienone is 1. The Balaban J connectivity index is 3.48. The average Bonchev–Trinajstić information content (AvgIpc) is 1.63. The Morgan fingerprint density at radius 1 is 1.89 bits per heavy atom. The van der Waals surface area contributed by atoms with Crippen LogP contribution in [0.3, 0.4) is 0 Å². The molecule has 0 aromatic heterocycles. The normalized spacial score (nSPS) is 9.33. The second-order valence-electron chi connectivity index (χ2n) is 1.23. The van der Waals surface area contributed by atoms with E-state index in [1.54, 1.807) is 0 Å². The summed E-state index contributed by atoms with van der Waals surface area (Å²) < 4.78 is 0. The van der Waals surface area contributed by atoms with Crippen molar-refractivity contribution in [3.63, 3.8) is 0 Å². The molecule has 0 saturated heterocycles. The van der Waals surface area contributed by atoms with Crippen LogP contribution in [-0.4, -0.2) is 17.4 Å². The molecule has 0 atom stereocenters. The van der Waals surface area contributed by atoms with Gasteiger partial charge in [-0.3, -0.25) is 0 Å². The number of carbonyl (C=O) groups excluding carboxylic acids is 1. The van der Waals surface area contributed by atoms with Crippen LogP contribution in [0.25, 0.3) is 0 Å². The van der Waals surface area contributed by atoms with Gasteiger partial charge in [0.1, 0.15) is 5.76 Å². The van der Waals surface area contributed by atoms with Crippen LogP contribution >= 0.6 is 0 Å². The van der Waals surface area contributed by atoms with E-state index < -0.39 is 6.03 Å². The van der Waals surface area contributed by atoms with Gasteiger partial charge in [0.15, 0.2) is 0 Å². The Morgan fingerprint density at radius 3 is 2.78 bits per heavy atom. The van der Waals surface area contributed by atoms with E-state index in [1.165, 1.54) is 0 Å². The molecular weight excluding hydrogens is 122 g/mol. The van der Waals surface area contributed by atoms with Gasteiger partial charge >= 0.3 is 6.03 Å². The van der Waals surface area contributed by atoms with Gasteiger partial charge in [0, 0.05) is 0 Å². The molecule has 50 valence electrons. The maximum atomic E-state index is 9.87. The third-order valence-electron chi connectivity index (χ3n) is 0.388. The standard InChI is InChI=1S/C4H7N3O2/c1-3(8)2-6-7-4(5)9/h2,8H,1H2,(H3,5,7,9)/b6-2+. The first kappa shape index (κ1) is 7.48. The number of aliphatic hydroxyl groups excluding tert-OH is 1. The summed E-state index contributed by atoms with van der Waals surface area (Å²) in [6.07, 6.45) is 0.963. The molecule has 0 heterocycles. The lowest BCUT2D eigenvalue weighted by Gasteiger charge is -1.88. The first-order valence-electron chi connectivity index (χ1n) is 2.09. The van der Waals surface area contributed by atoms with Crippen LogP contribution in [-0.2, 0) is 0 Å². The number of amides is 2. The van der Waals surface area contributed by atoms with Crippen molar-refractivity contribution in [2.45, 2.75) is 0 Å². The summed E-state index contributed by atoms with van der Waals surface area (Å²) in [5, 5.41) is 11.5. The Kier molecular flexibility index (Phi) is 2.89. The van der Waals surface area contributed by atoms with Gasteiger partial charge in [-0.15, -0.1) is 0 Å². The molecule has 0 bridgehead atoms. The van der Waals surface area contributed by atoms with E-state index in [0.717, 1.165) is 6.21 Å². The maximum Gasteiger partial charge on any atom is 0.332 e. The first-order valence-corrected chi connectivity index (χ1v) is 2.09. The van der Waals surface area contributed by atoms with Crippen LogP contribution in [0.2, 0.25) is 0 Å². The number of aliphatic hydroxyl groups is 1. The number of rotatable bonds is 2. The number of nitrogens with one attached hydrogen (secondary N) is 1. The summed E-state index contributed by atoms with van der Waals surface area (Å²) in [5.41, 5.74) is 6.47. The second-order valence-corrected chi connectivity index (χ2v) is 1.23. The van der Waals surface area contributed by atoms with E-state index in [9.17, 15) is 4.79 Å². The lowest BCUT2D eigenvalue weighted by molar-refractivity contribution is 0.249. The van der Waals surface area contributed by atoms with Crippen molar-refractivity contribution < 1.29 is 9.90 Å². The number of nitrogens with zero attached hydrogens (tertiary/aromatic N) is 1. The second kappa shape index (κ2) is 3.48. The lowest BCUT2D eigenvalue weighted by Crippen LogP contribution is -2.24. The molecule has 2 amide bonds. The van der Waals surface area contributed by atoms with E-state index in [2.05, 4.69) is 17.4 Å². The summed E-state index contributed by atoms with van der Waals surface area (Å²) in [5.74, 6) is -0.247. The predicted molar refractivity (Wildman–Crippen MR) is 33.0 cm³/mol. The van der Waals surface area contributed by atoms with E-state index in [0.29, 0.717) is 0 Å². The highest BCUT2D eigenvalue weighted by Gasteiger charge is 1.82. The smallest absolute Gasteiger partial charge is 0.332 e. The van der Waals surface area contributed by atoms with E-state index >= 15 is 0 Å². The number of primary amides is 1. The zero-order valence-corrected chi connectivity index (χ0v) is 4.66. The molecule has 0 aliphatic heterocycles. The van der Waals surface area contributed by atoms with E-state index in [-0.39, 0.29) is 5.76 Å². The van der Waals surface area contributed by atoms with Crippen LogP contribution in [0.5, 0.6) is 0 Å². The number of carbonyl (C=O) groups is 1. The van der Waals surface area contributed by atoms with Crippen LogP contribution in [0.15, 0.2) is 17.4 Å². The number of nitrogens with two attached hydrogens (primary N) is 1. The molecule has 5 nitrogen and oxygen atoms in total. The number of hydrogen-bond acceptors (Lipinski definition) is 3. The van der Waals surface area contributed by atoms with Gasteiger partial charge in [-0.25, -0.2) is 10.2 Å². The Hall–Kier alpha value is -1.52. The fourth-order valence-corrected chi connectivity index (χ4v) is 0.170. The topological polar surface area (TPSA) is 87.7 Å². The van der Waals surface area contributed by atoms with Crippen molar-refractivity contribution >= 4 is 12.2 Å². The molecule has 0 spiro atoms. The van der Waals surface area contributed by atoms with Crippen LogP contribution < -0.4 is 11.2 Å². The van der Waals surface area contributed by atoms with Gasteiger partial charge in [-0.05, 0) is 0 Å². The van der Waals surface area contributed by atoms with Gasteiger partial charge in [-0.2, -0.15) is 5.10 Å². The highest BCUT2D eigenvalue weighted by atomic mass is 16.3. The van der Waals surface area contributed by atoms with Crippen molar-refractivity contribution in [3.8, 4) is 0 Å². The highest BCUT2D eigenvalue weighted by molar-refractivity contribution is 5.77. The largest absolute Gasteiger partial charge is 0.507 e. The number of hydrogen-bond donors (Lipinski definition) is 3. The van der Waals surface area contributed by atoms with E-state index in [4.69, 9.17) is 5.11 Å². The third kappa shape index (κ3) is 6.48. The summed E-state index contributed by atoms with van der Waals surface area (Å²) >= 11 is 0. The van der Waals surface area contributed by atoms with Crippen molar-refractivity contribution in [2.75, 3.05) is 0 Å². The molecule has 0 aromatic rings. The number of urea groups is 1. The Labute approximate surface area is 51.9 Å². The van der Waals surface area contributed by atoms with Gasteiger partial charge in [0.05, 0.1) is 6.21 Å². The maximum absolute atomic E-state index is 9.87. The zero-order chi connectivity index (χ0) is 7.28. The highest BCUT2D eigenvalue weighted by Crippen LogP contribution is 1.70. The first-order chi connectivity index (χ1) is 4.13. The fraction of sp³-hybridized carbons (Fsp3) is 0. The molecule has 0 aliphatic rings. The zero-order valence-electron chi connectivity index (χ0n) is 4.66. The van der Waals surface area contributed by atoms with Gasteiger partial charge in [0.25, 0.3) is 0 Å². The van der Waals surface area contributed by atoms with Crippen molar-refractivity contribution in [2.24, 2.45) is 10.8 Å². The SMILES string of the molecule is C=C(O)/C=N/NC(N)=O. The molecule has 0 unspecified atom stereocenters. The minimum absolute atomic E-state index is 0.247. The van der Waals surface area contributed by atoms with Crippen molar-refractivity contribution in [1.29, 1.82) is 0 Å². The van der Waals surface area contributed by atoms with Crippen LogP contribution in [0.4, 0.5) is 4.79 Å². The van der Waals surface area contributed by atoms with Crippen molar-refractivity contribution in [1.82, 2.24) is 5.43 Å². The summed E-state index contributed by atoms with van der Waals surface area (Å²) in [6.45, 7) is 3.07. The quantitative estimate of drug-likeness (QED) is 0.272. The molecule has 0 aliphatic carbocycles. The molecular formula is C4H7N3O2. The molecule has 0 rings (SSSR count). The third-order valence-corrected chi connectivity index (χ3v) is 0.388. The fourth-order valence-electron chi connectivity index (χ4n) is 0.170. The molecule has 9 heavy (non-hydrogen) atoms. The summed E-state index contributed by atoms with van der Waals surface area (Å²) in [4.78, 5) is 9.87. The summed E-state index contributed by atoms with van der Waals surface area (Å²) in [7, 11) is 0. The Morgan fingerprint density at radius 2 is 2.44 bits per heavy atom. The molecule has 5 heteroatoms. The van der Waals surface area contributed by atoms with Gasteiger partial charge < -0.3 is 10.8 Å². The minimum Gasteiger partial charge on any atom is -0.507 e. The van der Waals surface area contributed by atoms with Gasteiger partial charge in [0.2, 0.25) is 0 Å². The lowest BCUT2D eigenvalue weighted by atomic mass is 10.6. The molecule has 0 radical (unpaired) electrons. The molecule has 0 saturated carbocycles. The molecule has 0 fully saturated rings. The van der Waals surface area contributed by atoms with Gasteiger partial charge in [-0.1, -0.05) is 6.58 Å². The predicted octanol–water partition coefficient (Wildman–Crippen LogP) is -0.288. The minimum atomic E-state index is -0.785. The van der Waals surface area contributed by atoms with E-state index in [1.807, 2.05) is 5.43 Å².